The Morgan fingerprint density at radius 2 is 1.56 bits per heavy atom. The number of aliphatic carboxylic acids is 2. The molecule has 0 saturated carbocycles. The van der Waals surface area contributed by atoms with Gasteiger partial charge in [0.15, 0.2) is 0 Å². The van der Waals surface area contributed by atoms with E-state index in [1.54, 1.807) is 0 Å². The first-order chi connectivity index (χ1) is 7.15. The lowest BCUT2D eigenvalue weighted by Gasteiger charge is -2.08. The van der Waals surface area contributed by atoms with Crippen LogP contribution < -0.4 is 11.5 Å². The Kier molecular flexibility index (Phi) is 5.72. The predicted molar refractivity (Wildman–Crippen MR) is 57.5 cm³/mol. The van der Waals surface area contributed by atoms with Crippen LogP contribution in [0.5, 0.6) is 0 Å². The molecule has 0 heterocycles. The molecule has 10 heteroatoms. The van der Waals surface area contributed by atoms with E-state index < -0.39 is 38.6 Å². The first-order valence-electron chi connectivity index (χ1n) is 3.99. The van der Waals surface area contributed by atoms with Crippen molar-refractivity contribution in [1.29, 1.82) is 0 Å². The maximum absolute atomic E-state index is 11.2. The Balaban J connectivity index is 4.27. The summed E-state index contributed by atoms with van der Waals surface area (Å²) in [6.07, 6.45) is 0. The van der Waals surface area contributed by atoms with Crippen molar-refractivity contribution in [2.24, 2.45) is 11.5 Å². The minimum absolute atomic E-state index is 0.284. The maximum atomic E-state index is 11.2. The largest absolute Gasteiger partial charge is 0.480 e. The lowest BCUT2D eigenvalue weighted by atomic mass is 10.4. The third kappa shape index (κ3) is 5.90. The summed E-state index contributed by atoms with van der Waals surface area (Å²) in [6.45, 7) is 0. The van der Waals surface area contributed by atoms with E-state index >= 15 is 0 Å². The Labute approximate surface area is 95.3 Å². The first kappa shape index (κ1) is 15.2. The van der Waals surface area contributed by atoms with Gasteiger partial charge in [0.2, 0.25) is 8.87 Å². The summed E-state index contributed by atoms with van der Waals surface area (Å²) in [4.78, 5) is 20.6. The summed E-state index contributed by atoms with van der Waals surface area (Å²) in [5.41, 5.74) is 10.1. The van der Waals surface area contributed by atoms with Crippen LogP contribution in [0.25, 0.3) is 0 Å². The molecule has 0 spiro atoms. The predicted octanol–water partition coefficient (Wildman–Crippen LogP) is -2.13. The number of carboxylic acids is 2. The highest BCUT2D eigenvalue weighted by Gasteiger charge is 2.24. The van der Waals surface area contributed by atoms with E-state index in [1.807, 2.05) is 0 Å². The van der Waals surface area contributed by atoms with Crippen molar-refractivity contribution in [3.05, 3.63) is 0 Å². The van der Waals surface area contributed by atoms with Crippen LogP contribution in [0.1, 0.15) is 0 Å². The molecule has 0 saturated heterocycles. The summed E-state index contributed by atoms with van der Waals surface area (Å²) in [6, 6.07) is -2.85. The van der Waals surface area contributed by atoms with Gasteiger partial charge in [0.1, 0.15) is 12.1 Å². The first-order valence-corrected chi connectivity index (χ1v) is 7.15. The van der Waals surface area contributed by atoms with Crippen molar-refractivity contribution < 1.29 is 28.2 Å². The second-order valence-corrected chi connectivity index (χ2v) is 7.15. The monoisotopic (exact) mass is 272 g/mol. The molecule has 0 rings (SSSR count). The third-order valence-corrected chi connectivity index (χ3v) is 4.96. The molecular formula is C6H12N2O6S2. The van der Waals surface area contributed by atoms with Crippen LogP contribution in [-0.2, 0) is 18.5 Å². The van der Waals surface area contributed by atoms with E-state index in [0.29, 0.717) is 0 Å². The summed E-state index contributed by atoms with van der Waals surface area (Å²) < 4.78 is 22.5. The molecule has 2 atom stereocenters. The maximum Gasteiger partial charge on any atom is 0.321 e. The zero-order chi connectivity index (χ0) is 12.9. The number of hydrogen-bond donors (Lipinski definition) is 4. The molecule has 0 radical (unpaired) electrons. The van der Waals surface area contributed by atoms with Gasteiger partial charge in [-0.25, -0.2) is 8.42 Å². The van der Waals surface area contributed by atoms with Crippen molar-refractivity contribution in [3.8, 4) is 0 Å². The smallest absolute Gasteiger partial charge is 0.321 e. The van der Waals surface area contributed by atoms with Gasteiger partial charge in [-0.2, -0.15) is 0 Å². The average molecular weight is 272 g/mol. The Hall–Kier alpha value is -0.840. The zero-order valence-electron chi connectivity index (χ0n) is 8.07. The molecule has 0 aliphatic carbocycles. The van der Waals surface area contributed by atoms with Gasteiger partial charge in [-0.3, -0.25) is 9.59 Å². The second-order valence-electron chi connectivity index (χ2n) is 2.90. The molecule has 0 aromatic heterocycles. The summed E-state index contributed by atoms with van der Waals surface area (Å²) in [7, 11) is -3.50. The Morgan fingerprint density at radius 3 is 1.94 bits per heavy atom. The van der Waals surface area contributed by atoms with Gasteiger partial charge in [-0.1, -0.05) is 0 Å². The van der Waals surface area contributed by atoms with Gasteiger partial charge >= 0.3 is 11.9 Å². The molecule has 6 N–H and O–H groups in total. The van der Waals surface area contributed by atoms with Crippen LogP contribution in [0.2, 0.25) is 0 Å². The summed E-state index contributed by atoms with van der Waals surface area (Å²) in [5, 5.41) is 16.8. The lowest BCUT2D eigenvalue weighted by Crippen LogP contribution is -2.37. The van der Waals surface area contributed by atoms with Crippen LogP contribution in [0.4, 0.5) is 0 Å². The summed E-state index contributed by atoms with van der Waals surface area (Å²) >= 11 is 0. The Bertz CT molecular complexity index is 367. The van der Waals surface area contributed by atoms with E-state index in [-0.39, 0.29) is 16.5 Å². The molecule has 0 unspecified atom stereocenters. The van der Waals surface area contributed by atoms with Crippen molar-refractivity contribution in [2.75, 3.05) is 11.5 Å². The number of hydrogen-bond acceptors (Lipinski definition) is 7. The van der Waals surface area contributed by atoms with Crippen LogP contribution >= 0.6 is 10.8 Å². The topological polar surface area (TPSA) is 161 Å². The molecule has 0 bridgehead atoms. The fourth-order valence-electron chi connectivity index (χ4n) is 0.588. The number of nitrogens with two attached hydrogens (primary N) is 2. The van der Waals surface area contributed by atoms with E-state index in [2.05, 4.69) is 0 Å². The van der Waals surface area contributed by atoms with Crippen molar-refractivity contribution >= 4 is 31.6 Å². The quantitative estimate of drug-likeness (QED) is 0.379. The van der Waals surface area contributed by atoms with Gasteiger partial charge in [0, 0.05) is 5.75 Å². The molecule has 0 aromatic carbocycles. The lowest BCUT2D eigenvalue weighted by molar-refractivity contribution is -0.138. The standard InChI is InChI=1S/C6H12N2O6S2/c7-3(5(9)10)1-15-16(13,14)2-4(8)6(11)12/h3-4H,1-2,7-8H2,(H,9,10)(H,11,12)/t3-,4+/m0/s1. The minimum atomic E-state index is -3.79. The summed E-state index contributed by atoms with van der Waals surface area (Å²) in [5.74, 6) is -3.89. The molecule has 0 amide bonds. The van der Waals surface area contributed by atoms with Crippen LogP contribution in [0.3, 0.4) is 0 Å². The molecule has 0 fully saturated rings. The van der Waals surface area contributed by atoms with Crippen LogP contribution in [-0.4, -0.2) is 54.2 Å². The highest BCUT2D eigenvalue weighted by atomic mass is 33.1. The highest BCUT2D eigenvalue weighted by Crippen LogP contribution is 2.14. The molecular weight excluding hydrogens is 260 g/mol. The fourth-order valence-corrected chi connectivity index (χ4v) is 3.55. The van der Waals surface area contributed by atoms with Gasteiger partial charge in [0.05, 0.1) is 5.75 Å². The van der Waals surface area contributed by atoms with E-state index in [0.717, 1.165) is 0 Å². The van der Waals surface area contributed by atoms with E-state index in [1.165, 1.54) is 0 Å². The van der Waals surface area contributed by atoms with Crippen LogP contribution in [0, 0.1) is 0 Å². The molecule has 16 heavy (non-hydrogen) atoms. The minimum Gasteiger partial charge on any atom is -0.480 e. The van der Waals surface area contributed by atoms with E-state index in [9.17, 15) is 18.0 Å². The van der Waals surface area contributed by atoms with Crippen LogP contribution in [0.15, 0.2) is 0 Å². The normalized spacial score (nSPS) is 15.4. The van der Waals surface area contributed by atoms with Gasteiger partial charge in [-0.15, -0.1) is 0 Å². The van der Waals surface area contributed by atoms with E-state index in [4.69, 9.17) is 21.7 Å². The fraction of sp³-hybridized carbons (Fsp3) is 0.667. The number of carboxylic acid groups (broad SMARTS) is 2. The zero-order valence-corrected chi connectivity index (χ0v) is 9.70. The molecule has 0 aliphatic rings. The SMILES string of the molecule is N[C@H](CS(=O)(=O)SC[C@H](N)C(=O)O)C(=O)O. The third-order valence-electron chi connectivity index (χ3n) is 1.45. The molecule has 0 aromatic rings. The Morgan fingerprint density at radius 1 is 1.12 bits per heavy atom. The van der Waals surface area contributed by atoms with Gasteiger partial charge < -0.3 is 21.7 Å². The molecule has 0 aliphatic heterocycles. The van der Waals surface area contributed by atoms with Crippen molar-refractivity contribution in [3.63, 3.8) is 0 Å². The average Bonchev–Trinajstić information content (AvgIpc) is 2.13. The second kappa shape index (κ2) is 6.03. The molecule has 94 valence electrons. The highest BCUT2D eigenvalue weighted by molar-refractivity contribution is 8.72. The van der Waals surface area contributed by atoms with Crippen molar-refractivity contribution in [1.82, 2.24) is 0 Å². The van der Waals surface area contributed by atoms with Gasteiger partial charge in [0.25, 0.3) is 0 Å². The van der Waals surface area contributed by atoms with Gasteiger partial charge in [-0.05, 0) is 10.8 Å². The van der Waals surface area contributed by atoms with Crippen molar-refractivity contribution in [2.45, 2.75) is 12.1 Å². The number of rotatable bonds is 7. The molecule has 8 nitrogen and oxygen atoms in total. The number of carbonyl (C=O) groups is 2.